The van der Waals surface area contributed by atoms with Crippen molar-refractivity contribution in [2.45, 2.75) is 19.8 Å². The average Bonchev–Trinajstić information content (AvgIpc) is 3.34. The van der Waals surface area contributed by atoms with Crippen LogP contribution in [-0.2, 0) is 0 Å². The van der Waals surface area contributed by atoms with Crippen molar-refractivity contribution >= 4 is 5.95 Å². The molecule has 0 bridgehead atoms. The molecule has 0 unspecified atom stereocenters. The Morgan fingerprint density at radius 3 is 2.68 bits per heavy atom. The smallest absolute Gasteiger partial charge is 0.225 e. The molecule has 0 atom stereocenters. The van der Waals surface area contributed by atoms with Crippen LogP contribution in [0.15, 0.2) is 42.6 Å². The zero-order chi connectivity index (χ0) is 15.3. The highest BCUT2D eigenvalue weighted by atomic mass is 16.5. The van der Waals surface area contributed by atoms with Gasteiger partial charge in [-0.15, -0.1) is 0 Å². The first-order valence-electron chi connectivity index (χ1n) is 7.67. The SMILES string of the molecule is CCOc1ccnc(NCC2(COc3ccccc3)CC2)n1. The fourth-order valence-corrected chi connectivity index (χ4v) is 2.22. The molecule has 5 heteroatoms. The van der Waals surface area contributed by atoms with Crippen LogP contribution in [0.4, 0.5) is 5.95 Å². The van der Waals surface area contributed by atoms with Crippen LogP contribution in [0.25, 0.3) is 0 Å². The molecule has 1 aromatic carbocycles. The number of hydrogen-bond donors (Lipinski definition) is 1. The molecule has 0 amide bonds. The maximum Gasteiger partial charge on any atom is 0.225 e. The van der Waals surface area contributed by atoms with Gasteiger partial charge in [0.1, 0.15) is 5.75 Å². The van der Waals surface area contributed by atoms with Gasteiger partial charge in [-0.3, -0.25) is 0 Å². The molecule has 116 valence electrons. The molecule has 1 aromatic heterocycles. The number of hydrogen-bond acceptors (Lipinski definition) is 5. The van der Waals surface area contributed by atoms with Gasteiger partial charge in [0.25, 0.3) is 0 Å². The lowest BCUT2D eigenvalue weighted by Crippen LogP contribution is -2.23. The molecule has 2 aromatic rings. The van der Waals surface area contributed by atoms with Crippen molar-refractivity contribution in [2.24, 2.45) is 5.41 Å². The van der Waals surface area contributed by atoms with Crippen LogP contribution < -0.4 is 14.8 Å². The maximum atomic E-state index is 5.88. The van der Waals surface area contributed by atoms with E-state index in [-0.39, 0.29) is 5.41 Å². The number of benzene rings is 1. The van der Waals surface area contributed by atoms with Crippen LogP contribution >= 0.6 is 0 Å². The van der Waals surface area contributed by atoms with Gasteiger partial charge in [-0.2, -0.15) is 4.98 Å². The quantitative estimate of drug-likeness (QED) is 0.811. The molecular formula is C17H21N3O2. The van der Waals surface area contributed by atoms with Gasteiger partial charge in [-0.05, 0) is 31.9 Å². The van der Waals surface area contributed by atoms with Crippen LogP contribution in [0.5, 0.6) is 11.6 Å². The fraction of sp³-hybridized carbons (Fsp3) is 0.412. The highest BCUT2D eigenvalue weighted by Crippen LogP contribution is 2.45. The molecule has 5 nitrogen and oxygen atoms in total. The Kier molecular flexibility index (Phi) is 4.42. The highest BCUT2D eigenvalue weighted by Gasteiger charge is 2.43. The topological polar surface area (TPSA) is 56.3 Å². The van der Waals surface area contributed by atoms with E-state index in [0.29, 0.717) is 18.4 Å². The van der Waals surface area contributed by atoms with Crippen molar-refractivity contribution in [3.63, 3.8) is 0 Å². The Hall–Kier alpha value is -2.30. The van der Waals surface area contributed by atoms with E-state index in [1.165, 1.54) is 0 Å². The molecular weight excluding hydrogens is 278 g/mol. The third-order valence-electron chi connectivity index (χ3n) is 3.79. The van der Waals surface area contributed by atoms with E-state index < -0.39 is 0 Å². The van der Waals surface area contributed by atoms with Gasteiger partial charge < -0.3 is 14.8 Å². The Morgan fingerprint density at radius 2 is 1.95 bits per heavy atom. The minimum absolute atomic E-state index is 0.195. The minimum atomic E-state index is 0.195. The lowest BCUT2D eigenvalue weighted by Gasteiger charge is -2.17. The van der Waals surface area contributed by atoms with E-state index in [1.807, 2.05) is 37.3 Å². The molecule has 1 aliphatic carbocycles. The lowest BCUT2D eigenvalue weighted by molar-refractivity contribution is 0.242. The van der Waals surface area contributed by atoms with Gasteiger partial charge in [-0.25, -0.2) is 4.98 Å². The van der Waals surface area contributed by atoms with Gasteiger partial charge in [0.05, 0.1) is 13.2 Å². The van der Waals surface area contributed by atoms with Crippen LogP contribution in [-0.4, -0.2) is 29.7 Å². The first kappa shape index (κ1) is 14.6. The summed E-state index contributed by atoms with van der Waals surface area (Å²) >= 11 is 0. The van der Waals surface area contributed by atoms with Crippen molar-refractivity contribution in [3.8, 4) is 11.6 Å². The van der Waals surface area contributed by atoms with Crippen LogP contribution in [0.1, 0.15) is 19.8 Å². The third kappa shape index (κ3) is 3.87. The van der Waals surface area contributed by atoms with Crippen LogP contribution in [0.3, 0.4) is 0 Å². The monoisotopic (exact) mass is 299 g/mol. The van der Waals surface area contributed by atoms with Crippen molar-refractivity contribution in [1.82, 2.24) is 9.97 Å². The lowest BCUT2D eigenvalue weighted by atomic mass is 10.1. The molecule has 1 heterocycles. The standard InChI is InChI=1S/C17H21N3O2/c1-2-21-15-8-11-18-16(20-15)19-12-17(9-10-17)13-22-14-6-4-3-5-7-14/h3-8,11H,2,9-10,12-13H2,1H3,(H,18,19,20). The first-order valence-corrected chi connectivity index (χ1v) is 7.67. The van der Waals surface area contributed by atoms with E-state index >= 15 is 0 Å². The number of ether oxygens (including phenoxy) is 2. The van der Waals surface area contributed by atoms with Gasteiger partial charge in [-0.1, -0.05) is 18.2 Å². The minimum Gasteiger partial charge on any atom is -0.493 e. The maximum absolute atomic E-state index is 5.88. The van der Waals surface area contributed by atoms with Crippen molar-refractivity contribution in [1.29, 1.82) is 0 Å². The van der Waals surface area contributed by atoms with Crippen molar-refractivity contribution in [2.75, 3.05) is 25.1 Å². The molecule has 1 N–H and O–H groups in total. The summed E-state index contributed by atoms with van der Waals surface area (Å²) in [6.07, 6.45) is 4.04. The molecule has 0 radical (unpaired) electrons. The Morgan fingerprint density at radius 1 is 1.14 bits per heavy atom. The predicted molar refractivity (Wildman–Crippen MR) is 85.3 cm³/mol. The Bertz CT molecular complexity index is 600. The second-order valence-electron chi connectivity index (χ2n) is 5.61. The van der Waals surface area contributed by atoms with Crippen molar-refractivity contribution < 1.29 is 9.47 Å². The molecule has 1 aliphatic rings. The van der Waals surface area contributed by atoms with Gasteiger partial charge >= 0.3 is 0 Å². The average molecular weight is 299 g/mol. The van der Waals surface area contributed by atoms with E-state index in [1.54, 1.807) is 12.3 Å². The number of anilines is 1. The van der Waals surface area contributed by atoms with E-state index in [9.17, 15) is 0 Å². The van der Waals surface area contributed by atoms with E-state index in [4.69, 9.17) is 9.47 Å². The molecule has 22 heavy (non-hydrogen) atoms. The number of nitrogens with zero attached hydrogens (tertiary/aromatic N) is 2. The third-order valence-corrected chi connectivity index (χ3v) is 3.79. The number of aromatic nitrogens is 2. The van der Waals surface area contributed by atoms with Gasteiger partial charge in [0, 0.05) is 24.2 Å². The second kappa shape index (κ2) is 6.64. The zero-order valence-electron chi connectivity index (χ0n) is 12.8. The summed E-state index contributed by atoms with van der Waals surface area (Å²) in [5.74, 6) is 2.13. The molecule has 0 aliphatic heterocycles. The van der Waals surface area contributed by atoms with Gasteiger partial charge in [0.2, 0.25) is 11.8 Å². The van der Waals surface area contributed by atoms with Crippen LogP contribution in [0, 0.1) is 5.41 Å². The summed E-state index contributed by atoms with van der Waals surface area (Å²) < 4.78 is 11.3. The second-order valence-corrected chi connectivity index (χ2v) is 5.61. The zero-order valence-corrected chi connectivity index (χ0v) is 12.8. The number of nitrogens with one attached hydrogen (secondary N) is 1. The summed E-state index contributed by atoms with van der Waals surface area (Å²) in [6.45, 7) is 4.07. The van der Waals surface area contributed by atoms with Crippen LogP contribution in [0.2, 0.25) is 0 Å². The number of rotatable bonds is 8. The largest absolute Gasteiger partial charge is 0.493 e. The summed E-state index contributed by atoms with van der Waals surface area (Å²) in [5.41, 5.74) is 0.195. The van der Waals surface area contributed by atoms with E-state index in [0.717, 1.165) is 31.7 Å². The molecule has 1 fully saturated rings. The first-order chi connectivity index (χ1) is 10.8. The molecule has 0 spiro atoms. The molecule has 3 rings (SSSR count). The summed E-state index contributed by atoms with van der Waals surface area (Å²) in [5, 5.41) is 3.30. The summed E-state index contributed by atoms with van der Waals surface area (Å²) in [4.78, 5) is 8.55. The molecule has 0 saturated heterocycles. The number of para-hydroxylation sites is 1. The Balaban J connectivity index is 1.51. The summed E-state index contributed by atoms with van der Waals surface area (Å²) in [6, 6.07) is 11.7. The molecule has 1 saturated carbocycles. The summed E-state index contributed by atoms with van der Waals surface area (Å²) in [7, 11) is 0. The predicted octanol–water partition coefficient (Wildman–Crippen LogP) is 3.15. The van der Waals surface area contributed by atoms with Crippen molar-refractivity contribution in [3.05, 3.63) is 42.6 Å². The van der Waals surface area contributed by atoms with E-state index in [2.05, 4.69) is 15.3 Å². The normalized spacial score (nSPS) is 15.1. The highest BCUT2D eigenvalue weighted by molar-refractivity contribution is 5.29. The van der Waals surface area contributed by atoms with Gasteiger partial charge in [0.15, 0.2) is 0 Å². The Labute approximate surface area is 130 Å². The fourth-order valence-electron chi connectivity index (χ4n) is 2.22.